The lowest BCUT2D eigenvalue weighted by molar-refractivity contribution is 1.58. The highest BCUT2D eigenvalue weighted by Crippen LogP contribution is 2.46. The summed E-state index contributed by atoms with van der Waals surface area (Å²) in [5, 5.41) is 7.54. The van der Waals surface area contributed by atoms with Crippen molar-refractivity contribution >= 4 is 32.3 Å². The van der Waals surface area contributed by atoms with Crippen LogP contribution in [0, 0.1) is 0 Å². The molecule has 0 N–H and O–H groups in total. The maximum absolute atomic E-state index is 2.39. The van der Waals surface area contributed by atoms with Crippen LogP contribution in [0.25, 0.3) is 88.0 Å². The van der Waals surface area contributed by atoms with Crippen molar-refractivity contribution < 1.29 is 0 Å². The van der Waals surface area contributed by atoms with Gasteiger partial charge in [-0.1, -0.05) is 176 Å². The van der Waals surface area contributed by atoms with E-state index in [0.717, 1.165) is 0 Å². The topological polar surface area (TPSA) is 0 Å². The SMILES string of the molecule is c1ccc(-c2ccc3cc(-c4c5ccccc5c(-c5ccc(-c6ccccc6)c(-c6ccccc6)c5)c5ccccc45)ccc3c2)cc1. The molecule has 9 aromatic carbocycles. The first-order valence-electron chi connectivity index (χ1n) is 16.6. The summed E-state index contributed by atoms with van der Waals surface area (Å²) >= 11 is 0. The molecule has 0 nitrogen and oxygen atoms in total. The second-order valence-electron chi connectivity index (χ2n) is 12.5. The molecule has 0 heteroatoms. The van der Waals surface area contributed by atoms with Gasteiger partial charge in [-0.3, -0.25) is 0 Å². The molecule has 0 fully saturated rings. The summed E-state index contributed by atoms with van der Waals surface area (Å²) in [6.07, 6.45) is 0. The van der Waals surface area contributed by atoms with Gasteiger partial charge in [-0.2, -0.15) is 0 Å². The summed E-state index contributed by atoms with van der Waals surface area (Å²) in [4.78, 5) is 0. The Kier molecular flexibility index (Phi) is 6.91. The molecule has 0 spiro atoms. The summed E-state index contributed by atoms with van der Waals surface area (Å²) in [6, 6.07) is 70.7. The lowest BCUT2D eigenvalue weighted by Gasteiger charge is -2.19. The minimum absolute atomic E-state index is 1.22. The molecule has 0 atom stereocenters. The molecule has 0 amide bonds. The molecule has 0 heterocycles. The minimum Gasteiger partial charge on any atom is -0.0622 e. The molecule has 0 aliphatic carbocycles. The zero-order chi connectivity index (χ0) is 31.9. The normalized spacial score (nSPS) is 11.3. The molecular formula is C48H32. The fourth-order valence-corrected chi connectivity index (χ4v) is 7.39. The van der Waals surface area contributed by atoms with E-state index in [1.165, 1.54) is 88.0 Å². The Morgan fingerprint density at radius 1 is 0.208 bits per heavy atom. The van der Waals surface area contributed by atoms with E-state index in [-0.39, 0.29) is 0 Å². The first kappa shape index (κ1) is 28.0. The van der Waals surface area contributed by atoms with Crippen LogP contribution in [0.15, 0.2) is 194 Å². The van der Waals surface area contributed by atoms with Gasteiger partial charge in [0.15, 0.2) is 0 Å². The predicted octanol–water partition coefficient (Wildman–Crippen LogP) is 13.5. The van der Waals surface area contributed by atoms with Crippen molar-refractivity contribution in [3.63, 3.8) is 0 Å². The number of rotatable bonds is 5. The lowest BCUT2D eigenvalue weighted by Crippen LogP contribution is -1.92. The van der Waals surface area contributed by atoms with Gasteiger partial charge in [-0.25, -0.2) is 0 Å². The highest BCUT2D eigenvalue weighted by atomic mass is 14.2. The molecule has 9 rings (SSSR count). The maximum Gasteiger partial charge on any atom is -0.00261 e. The molecule has 0 unspecified atom stereocenters. The summed E-state index contributed by atoms with van der Waals surface area (Å²) < 4.78 is 0. The molecule has 0 radical (unpaired) electrons. The van der Waals surface area contributed by atoms with Crippen molar-refractivity contribution in [2.75, 3.05) is 0 Å². The van der Waals surface area contributed by atoms with E-state index in [9.17, 15) is 0 Å². The van der Waals surface area contributed by atoms with E-state index in [2.05, 4.69) is 194 Å². The van der Waals surface area contributed by atoms with Gasteiger partial charge >= 0.3 is 0 Å². The molecule has 0 bridgehead atoms. The molecule has 0 aliphatic heterocycles. The maximum atomic E-state index is 2.39. The van der Waals surface area contributed by atoms with Gasteiger partial charge in [0.2, 0.25) is 0 Å². The third-order valence-electron chi connectivity index (χ3n) is 9.65. The van der Waals surface area contributed by atoms with Crippen LogP contribution in [0.4, 0.5) is 0 Å². The number of hydrogen-bond donors (Lipinski definition) is 0. The quantitative estimate of drug-likeness (QED) is 0.171. The molecule has 0 aromatic heterocycles. The largest absolute Gasteiger partial charge is 0.0622 e. The van der Waals surface area contributed by atoms with E-state index in [0.29, 0.717) is 0 Å². The van der Waals surface area contributed by atoms with E-state index in [1.807, 2.05) is 0 Å². The smallest absolute Gasteiger partial charge is 0.00261 e. The van der Waals surface area contributed by atoms with Crippen LogP contribution >= 0.6 is 0 Å². The van der Waals surface area contributed by atoms with Crippen molar-refractivity contribution in [1.29, 1.82) is 0 Å². The highest BCUT2D eigenvalue weighted by molar-refractivity contribution is 6.22. The average molecular weight is 609 g/mol. The van der Waals surface area contributed by atoms with Crippen molar-refractivity contribution in [3.05, 3.63) is 194 Å². The lowest BCUT2D eigenvalue weighted by atomic mass is 9.84. The van der Waals surface area contributed by atoms with Crippen LogP contribution in [0.2, 0.25) is 0 Å². The van der Waals surface area contributed by atoms with Gasteiger partial charge in [0.05, 0.1) is 0 Å². The summed E-state index contributed by atoms with van der Waals surface area (Å²) in [7, 11) is 0. The van der Waals surface area contributed by atoms with Gasteiger partial charge in [0, 0.05) is 0 Å². The Bertz CT molecular complexity index is 2520. The van der Waals surface area contributed by atoms with Crippen LogP contribution in [-0.4, -0.2) is 0 Å². The fourth-order valence-electron chi connectivity index (χ4n) is 7.39. The molecule has 9 aromatic rings. The minimum atomic E-state index is 1.22. The summed E-state index contributed by atoms with van der Waals surface area (Å²) in [6.45, 7) is 0. The summed E-state index contributed by atoms with van der Waals surface area (Å²) in [5.74, 6) is 0. The Morgan fingerprint density at radius 3 is 1.10 bits per heavy atom. The van der Waals surface area contributed by atoms with E-state index >= 15 is 0 Å². The molecule has 0 aliphatic rings. The molecule has 0 saturated carbocycles. The Morgan fingerprint density at radius 2 is 0.583 bits per heavy atom. The van der Waals surface area contributed by atoms with Gasteiger partial charge in [0.25, 0.3) is 0 Å². The van der Waals surface area contributed by atoms with E-state index in [4.69, 9.17) is 0 Å². The Hall–Kier alpha value is -6.24. The zero-order valence-corrected chi connectivity index (χ0v) is 26.5. The van der Waals surface area contributed by atoms with Crippen LogP contribution in [0.5, 0.6) is 0 Å². The third-order valence-corrected chi connectivity index (χ3v) is 9.65. The highest BCUT2D eigenvalue weighted by Gasteiger charge is 2.18. The van der Waals surface area contributed by atoms with Crippen LogP contribution < -0.4 is 0 Å². The standard InChI is InChI=1S/C48H32/c1-4-14-33(15-5-1)36-24-25-38-31-39(27-26-37(38)30-36)47-42-20-10-12-22-44(42)48(45-23-13-11-21-43(45)47)40-28-29-41(34-16-6-2-7-17-34)46(32-40)35-18-8-3-9-19-35/h1-32H. The zero-order valence-electron chi connectivity index (χ0n) is 26.5. The molecular weight excluding hydrogens is 577 g/mol. The first-order valence-corrected chi connectivity index (χ1v) is 16.6. The Labute approximate surface area is 281 Å². The van der Waals surface area contributed by atoms with Crippen LogP contribution in [0.3, 0.4) is 0 Å². The van der Waals surface area contributed by atoms with Crippen molar-refractivity contribution in [1.82, 2.24) is 0 Å². The van der Waals surface area contributed by atoms with Gasteiger partial charge in [-0.05, 0) is 106 Å². The molecule has 48 heavy (non-hydrogen) atoms. The Balaban J connectivity index is 1.26. The first-order chi connectivity index (χ1) is 23.8. The summed E-state index contributed by atoms with van der Waals surface area (Å²) in [5.41, 5.74) is 12.4. The van der Waals surface area contributed by atoms with Crippen molar-refractivity contribution in [2.24, 2.45) is 0 Å². The molecule has 0 saturated heterocycles. The van der Waals surface area contributed by atoms with Gasteiger partial charge < -0.3 is 0 Å². The monoisotopic (exact) mass is 608 g/mol. The van der Waals surface area contributed by atoms with E-state index < -0.39 is 0 Å². The average Bonchev–Trinajstić information content (AvgIpc) is 3.17. The van der Waals surface area contributed by atoms with E-state index in [1.54, 1.807) is 0 Å². The van der Waals surface area contributed by atoms with Crippen LogP contribution in [0.1, 0.15) is 0 Å². The second-order valence-corrected chi connectivity index (χ2v) is 12.5. The predicted molar refractivity (Wildman–Crippen MR) is 206 cm³/mol. The fraction of sp³-hybridized carbons (Fsp3) is 0. The van der Waals surface area contributed by atoms with Crippen molar-refractivity contribution in [3.8, 4) is 55.6 Å². The van der Waals surface area contributed by atoms with Gasteiger partial charge in [0.1, 0.15) is 0 Å². The number of fused-ring (bicyclic) bond motifs is 3. The number of hydrogen-bond acceptors (Lipinski definition) is 0. The van der Waals surface area contributed by atoms with Crippen molar-refractivity contribution in [2.45, 2.75) is 0 Å². The number of benzene rings is 9. The van der Waals surface area contributed by atoms with Crippen LogP contribution in [-0.2, 0) is 0 Å². The third kappa shape index (κ3) is 4.87. The van der Waals surface area contributed by atoms with Gasteiger partial charge in [-0.15, -0.1) is 0 Å². The second kappa shape index (κ2) is 11.8. The molecule has 224 valence electrons.